The Morgan fingerprint density at radius 3 is 2.35 bits per heavy atom. The molecule has 2 saturated heterocycles. The number of amides is 1. The van der Waals surface area contributed by atoms with Crippen LogP contribution in [0.2, 0.25) is 0 Å². The largest absolute Gasteiger partial charge is 0.339 e. The van der Waals surface area contributed by atoms with Crippen molar-refractivity contribution in [1.29, 1.82) is 0 Å². The van der Waals surface area contributed by atoms with Crippen LogP contribution in [0.25, 0.3) is 0 Å². The summed E-state index contributed by atoms with van der Waals surface area (Å²) in [4.78, 5) is 18.2. The number of carbonyl (C=O) groups is 1. The molecular formula is C22H35ClN2O. The van der Waals surface area contributed by atoms with E-state index in [1.807, 2.05) is 0 Å². The fourth-order valence-corrected chi connectivity index (χ4v) is 5.03. The topological polar surface area (TPSA) is 23.6 Å². The van der Waals surface area contributed by atoms with Gasteiger partial charge in [-0.15, -0.1) is 12.4 Å². The lowest BCUT2D eigenvalue weighted by Gasteiger charge is -2.35. The summed E-state index contributed by atoms with van der Waals surface area (Å²) in [5.74, 6) is 0.385. The molecule has 1 aromatic carbocycles. The van der Waals surface area contributed by atoms with Gasteiger partial charge in [-0.1, -0.05) is 30.3 Å². The van der Waals surface area contributed by atoms with Gasteiger partial charge in [0.2, 0.25) is 5.91 Å². The molecule has 2 fully saturated rings. The zero-order valence-electron chi connectivity index (χ0n) is 16.8. The molecule has 146 valence electrons. The van der Waals surface area contributed by atoms with Gasteiger partial charge in [-0.3, -0.25) is 9.69 Å². The molecule has 0 bridgehead atoms. The van der Waals surface area contributed by atoms with Gasteiger partial charge in [0.1, 0.15) is 0 Å². The lowest BCUT2D eigenvalue weighted by Crippen LogP contribution is -2.45. The van der Waals surface area contributed by atoms with Gasteiger partial charge in [0.25, 0.3) is 0 Å². The molecule has 0 radical (unpaired) electrons. The molecule has 0 aromatic heterocycles. The second-order valence-corrected chi connectivity index (χ2v) is 8.48. The van der Waals surface area contributed by atoms with Crippen molar-refractivity contribution in [3.05, 3.63) is 35.9 Å². The number of hydrogen-bond donors (Lipinski definition) is 0. The van der Waals surface area contributed by atoms with Gasteiger partial charge in [0.05, 0.1) is 5.41 Å². The molecule has 0 spiro atoms. The van der Waals surface area contributed by atoms with E-state index in [1.165, 1.54) is 18.4 Å². The summed E-state index contributed by atoms with van der Waals surface area (Å²) >= 11 is 0. The van der Waals surface area contributed by atoms with E-state index in [0.717, 1.165) is 32.4 Å². The normalized spacial score (nSPS) is 25.7. The zero-order valence-corrected chi connectivity index (χ0v) is 17.6. The molecule has 2 aliphatic heterocycles. The van der Waals surface area contributed by atoms with Crippen molar-refractivity contribution < 1.29 is 4.79 Å². The summed E-state index contributed by atoms with van der Waals surface area (Å²) in [5, 5.41) is 0. The SMILES string of the molecule is CC(C)N(CCC1(c2ccccc2)CC2CCCCN2C1=O)C(C)C.Cl. The van der Waals surface area contributed by atoms with Crippen LogP contribution in [-0.4, -0.2) is 46.9 Å². The van der Waals surface area contributed by atoms with Crippen molar-refractivity contribution in [3.8, 4) is 0 Å². The van der Waals surface area contributed by atoms with Gasteiger partial charge in [0, 0.05) is 31.2 Å². The first-order chi connectivity index (χ1) is 12.0. The van der Waals surface area contributed by atoms with Crippen molar-refractivity contribution in [2.75, 3.05) is 13.1 Å². The quantitative estimate of drug-likeness (QED) is 0.719. The molecular weight excluding hydrogens is 344 g/mol. The second-order valence-electron chi connectivity index (χ2n) is 8.48. The van der Waals surface area contributed by atoms with Crippen molar-refractivity contribution in [3.63, 3.8) is 0 Å². The lowest BCUT2D eigenvalue weighted by molar-refractivity contribution is -0.134. The Morgan fingerprint density at radius 2 is 1.77 bits per heavy atom. The highest BCUT2D eigenvalue weighted by Gasteiger charge is 2.52. The third kappa shape index (κ3) is 3.94. The Kier molecular flexibility index (Phi) is 7.15. The van der Waals surface area contributed by atoms with E-state index in [2.05, 4.69) is 67.8 Å². The molecule has 2 aliphatic rings. The lowest BCUT2D eigenvalue weighted by atomic mass is 9.74. The van der Waals surface area contributed by atoms with Gasteiger partial charge in [-0.2, -0.15) is 0 Å². The number of carbonyl (C=O) groups excluding carboxylic acids is 1. The molecule has 3 rings (SSSR count). The van der Waals surface area contributed by atoms with Gasteiger partial charge in [-0.25, -0.2) is 0 Å². The van der Waals surface area contributed by atoms with Gasteiger partial charge >= 0.3 is 0 Å². The third-order valence-electron chi connectivity index (χ3n) is 6.33. The minimum Gasteiger partial charge on any atom is -0.339 e. The van der Waals surface area contributed by atoms with Crippen molar-refractivity contribution >= 4 is 18.3 Å². The molecule has 0 aliphatic carbocycles. The highest BCUT2D eigenvalue weighted by atomic mass is 35.5. The molecule has 0 N–H and O–H groups in total. The van der Waals surface area contributed by atoms with Gasteiger partial charge < -0.3 is 4.90 Å². The van der Waals surface area contributed by atoms with E-state index >= 15 is 0 Å². The molecule has 2 heterocycles. The fraction of sp³-hybridized carbons (Fsp3) is 0.682. The molecule has 3 nitrogen and oxygen atoms in total. The van der Waals surface area contributed by atoms with Crippen LogP contribution >= 0.6 is 12.4 Å². The first-order valence-corrected chi connectivity index (χ1v) is 10.1. The van der Waals surface area contributed by atoms with Crippen LogP contribution in [-0.2, 0) is 10.2 Å². The zero-order chi connectivity index (χ0) is 18.0. The molecule has 4 heteroatoms. The monoisotopic (exact) mass is 378 g/mol. The van der Waals surface area contributed by atoms with E-state index < -0.39 is 0 Å². The number of benzene rings is 1. The molecule has 1 amide bonds. The number of piperidine rings is 1. The first kappa shape index (κ1) is 21.2. The number of rotatable bonds is 6. The van der Waals surface area contributed by atoms with Crippen LogP contribution in [0.5, 0.6) is 0 Å². The van der Waals surface area contributed by atoms with Crippen LogP contribution in [0.1, 0.15) is 65.4 Å². The molecule has 2 unspecified atom stereocenters. The maximum atomic E-state index is 13.5. The Bertz CT molecular complexity index is 581. The van der Waals surface area contributed by atoms with Crippen molar-refractivity contribution in [2.45, 2.75) is 83.3 Å². The van der Waals surface area contributed by atoms with E-state index in [4.69, 9.17) is 0 Å². The molecule has 1 aromatic rings. The van der Waals surface area contributed by atoms with Crippen LogP contribution in [0.4, 0.5) is 0 Å². The van der Waals surface area contributed by atoms with Crippen LogP contribution < -0.4 is 0 Å². The predicted octanol–water partition coefficient (Wildman–Crippen LogP) is 4.64. The van der Waals surface area contributed by atoms with E-state index in [-0.39, 0.29) is 17.8 Å². The summed E-state index contributed by atoms with van der Waals surface area (Å²) in [6.45, 7) is 11.0. The standard InChI is InChI=1S/C22H34N2O.ClH/c1-17(2)23(18(3)4)15-13-22(19-10-6-5-7-11-19)16-20-12-8-9-14-24(20)21(22)25;/h5-7,10-11,17-18,20H,8-9,12-16H2,1-4H3;1H. The number of halogens is 1. The van der Waals surface area contributed by atoms with Gasteiger partial charge in [-0.05, 0) is 65.4 Å². The Morgan fingerprint density at radius 1 is 1.12 bits per heavy atom. The molecule has 26 heavy (non-hydrogen) atoms. The maximum absolute atomic E-state index is 13.5. The van der Waals surface area contributed by atoms with Crippen molar-refractivity contribution in [1.82, 2.24) is 9.80 Å². The van der Waals surface area contributed by atoms with Crippen molar-refractivity contribution in [2.24, 2.45) is 0 Å². The fourth-order valence-electron chi connectivity index (χ4n) is 5.03. The number of nitrogens with zero attached hydrogens (tertiary/aromatic N) is 2. The van der Waals surface area contributed by atoms with Gasteiger partial charge in [0.15, 0.2) is 0 Å². The summed E-state index contributed by atoms with van der Waals surface area (Å²) in [6, 6.07) is 12.0. The summed E-state index contributed by atoms with van der Waals surface area (Å²) in [7, 11) is 0. The van der Waals surface area contributed by atoms with Crippen LogP contribution in [0, 0.1) is 0 Å². The van der Waals surface area contributed by atoms with E-state index in [0.29, 0.717) is 24.0 Å². The minimum absolute atomic E-state index is 0. The Labute approximate surface area is 165 Å². The minimum atomic E-state index is -0.321. The Balaban J connectivity index is 0.00000243. The van der Waals surface area contributed by atoms with E-state index in [9.17, 15) is 4.79 Å². The molecule has 2 atom stereocenters. The Hall–Kier alpha value is -1.06. The third-order valence-corrected chi connectivity index (χ3v) is 6.33. The average Bonchev–Trinajstić information content (AvgIpc) is 2.89. The van der Waals surface area contributed by atoms with Crippen LogP contribution in [0.3, 0.4) is 0 Å². The smallest absolute Gasteiger partial charge is 0.233 e. The summed E-state index contributed by atoms with van der Waals surface area (Å²) in [5.41, 5.74) is 0.903. The number of fused-ring (bicyclic) bond motifs is 1. The second kappa shape index (κ2) is 8.75. The first-order valence-electron chi connectivity index (χ1n) is 10.1. The summed E-state index contributed by atoms with van der Waals surface area (Å²) in [6.07, 6.45) is 5.54. The van der Waals surface area contributed by atoms with E-state index in [1.54, 1.807) is 0 Å². The predicted molar refractivity (Wildman–Crippen MR) is 111 cm³/mol. The summed E-state index contributed by atoms with van der Waals surface area (Å²) < 4.78 is 0. The average molecular weight is 379 g/mol. The number of hydrogen-bond acceptors (Lipinski definition) is 2. The van der Waals surface area contributed by atoms with Crippen LogP contribution in [0.15, 0.2) is 30.3 Å². The highest BCUT2D eigenvalue weighted by molar-refractivity contribution is 5.91. The highest BCUT2D eigenvalue weighted by Crippen LogP contribution is 2.45. The maximum Gasteiger partial charge on any atom is 0.233 e. The molecule has 0 saturated carbocycles.